The monoisotopic (exact) mass is 173 g/mol. The molecular formula is C8H15NO3. The fraction of sp³-hybridized carbons (Fsp3) is 0.875. The highest BCUT2D eigenvalue weighted by Crippen LogP contribution is 2.11. The Bertz CT molecular complexity index is 152. The van der Waals surface area contributed by atoms with Crippen molar-refractivity contribution < 1.29 is 14.6 Å². The second-order valence-electron chi connectivity index (χ2n) is 3.10. The van der Waals surface area contributed by atoms with E-state index >= 15 is 0 Å². The van der Waals surface area contributed by atoms with Crippen LogP contribution in [-0.4, -0.2) is 36.4 Å². The van der Waals surface area contributed by atoms with Gasteiger partial charge in [-0.25, -0.2) is 0 Å². The molecule has 2 atom stereocenters. The summed E-state index contributed by atoms with van der Waals surface area (Å²) in [6, 6.07) is 0. The van der Waals surface area contributed by atoms with Crippen LogP contribution in [0, 0.1) is 0 Å². The Kier molecular flexibility index (Phi) is 3.49. The molecule has 70 valence electrons. The molecule has 0 aromatic carbocycles. The van der Waals surface area contributed by atoms with Gasteiger partial charge in [0.15, 0.2) is 0 Å². The van der Waals surface area contributed by atoms with Gasteiger partial charge in [0, 0.05) is 13.2 Å². The number of carbonyl (C=O) groups is 1. The van der Waals surface area contributed by atoms with E-state index < -0.39 is 6.10 Å². The first-order valence-electron chi connectivity index (χ1n) is 4.27. The average Bonchev–Trinajstić information content (AvgIpc) is 2.51. The highest BCUT2D eigenvalue weighted by Gasteiger charge is 2.23. The van der Waals surface area contributed by atoms with Gasteiger partial charge in [0.05, 0.1) is 6.10 Å². The van der Waals surface area contributed by atoms with Crippen LogP contribution in [0.3, 0.4) is 0 Å². The minimum atomic E-state index is -0.490. The summed E-state index contributed by atoms with van der Waals surface area (Å²) in [7, 11) is 0. The molecule has 0 spiro atoms. The van der Waals surface area contributed by atoms with Crippen LogP contribution in [-0.2, 0) is 9.53 Å². The maximum Gasteiger partial charge on any atom is 0.249 e. The van der Waals surface area contributed by atoms with E-state index in [1.165, 1.54) is 0 Å². The Morgan fingerprint density at radius 3 is 3.08 bits per heavy atom. The standard InChI is InChI=1S/C8H15NO3/c1-6(10)5-9-8(11)7-3-2-4-12-7/h6-7,10H,2-5H2,1H3,(H,9,11)/t6?,7-/m1/s1. The summed E-state index contributed by atoms with van der Waals surface area (Å²) in [4.78, 5) is 11.2. The highest BCUT2D eigenvalue weighted by molar-refractivity contribution is 5.80. The molecule has 0 radical (unpaired) electrons. The Labute approximate surface area is 71.9 Å². The lowest BCUT2D eigenvalue weighted by atomic mass is 10.2. The molecule has 0 aromatic rings. The van der Waals surface area contributed by atoms with E-state index in [2.05, 4.69) is 5.32 Å². The predicted molar refractivity (Wildman–Crippen MR) is 43.7 cm³/mol. The van der Waals surface area contributed by atoms with Crippen molar-refractivity contribution in [3.8, 4) is 0 Å². The van der Waals surface area contributed by atoms with Gasteiger partial charge >= 0.3 is 0 Å². The van der Waals surface area contributed by atoms with Crippen LogP contribution in [0.5, 0.6) is 0 Å². The topological polar surface area (TPSA) is 58.6 Å². The maximum absolute atomic E-state index is 11.2. The van der Waals surface area contributed by atoms with Gasteiger partial charge in [0.2, 0.25) is 5.91 Å². The van der Waals surface area contributed by atoms with Gasteiger partial charge in [-0.15, -0.1) is 0 Å². The molecule has 1 aliphatic heterocycles. The number of hydrogen-bond donors (Lipinski definition) is 2. The molecule has 1 aliphatic rings. The Hall–Kier alpha value is -0.610. The SMILES string of the molecule is CC(O)CNC(=O)[C@H]1CCCO1. The van der Waals surface area contributed by atoms with Crippen LogP contribution < -0.4 is 5.32 Å². The lowest BCUT2D eigenvalue weighted by Crippen LogP contribution is -2.37. The number of hydrogen-bond acceptors (Lipinski definition) is 3. The zero-order valence-corrected chi connectivity index (χ0v) is 7.25. The summed E-state index contributed by atoms with van der Waals surface area (Å²) in [6.45, 7) is 2.61. The summed E-state index contributed by atoms with van der Waals surface area (Å²) in [5.41, 5.74) is 0. The molecule has 1 heterocycles. The molecule has 1 rings (SSSR count). The highest BCUT2D eigenvalue weighted by atomic mass is 16.5. The zero-order valence-electron chi connectivity index (χ0n) is 7.25. The lowest BCUT2D eigenvalue weighted by Gasteiger charge is -2.11. The van der Waals surface area contributed by atoms with E-state index in [9.17, 15) is 4.79 Å². The Balaban J connectivity index is 2.18. The van der Waals surface area contributed by atoms with E-state index in [1.54, 1.807) is 6.92 Å². The molecule has 1 saturated heterocycles. The summed E-state index contributed by atoms with van der Waals surface area (Å²) >= 11 is 0. The van der Waals surface area contributed by atoms with E-state index in [4.69, 9.17) is 9.84 Å². The van der Waals surface area contributed by atoms with Crippen molar-refractivity contribution in [2.75, 3.05) is 13.2 Å². The fourth-order valence-electron chi connectivity index (χ4n) is 1.15. The molecule has 0 aliphatic carbocycles. The van der Waals surface area contributed by atoms with Gasteiger partial charge in [-0.1, -0.05) is 0 Å². The Morgan fingerprint density at radius 2 is 2.58 bits per heavy atom. The number of amides is 1. The summed E-state index contributed by atoms with van der Waals surface area (Å²) in [5.74, 6) is -0.103. The molecule has 12 heavy (non-hydrogen) atoms. The fourth-order valence-corrected chi connectivity index (χ4v) is 1.15. The summed E-state index contributed by atoms with van der Waals surface area (Å²) < 4.78 is 5.15. The molecule has 0 bridgehead atoms. The van der Waals surface area contributed by atoms with Crippen LogP contribution in [0.1, 0.15) is 19.8 Å². The molecule has 4 heteroatoms. The van der Waals surface area contributed by atoms with Crippen LogP contribution in [0.15, 0.2) is 0 Å². The first kappa shape index (κ1) is 9.48. The van der Waals surface area contributed by atoms with E-state index in [-0.39, 0.29) is 12.0 Å². The number of aliphatic hydroxyl groups excluding tert-OH is 1. The van der Waals surface area contributed by atoms with Crippen molar-refractivity contribution in [3.63, 3.8) is 0 Å². The van der Waals surface area contributed by atoms with Crippen molar-refractivity contribution in [3.05, 3.63) is 0 Å². The molecule has 0 aromatic heterocycles. The minimum Gasteiger partial charge on any atom is -0.392 e. The smallest absolute Gasteiger partial charge is 0.249 e. The first-order chi connectivity index (χ1) is 5.70. The van der Waals surface area contributed by atoms with Crippen molar-refractivity contribution in [1.82, 2.24) is 5.32 Å². The van der Waals surface area contributed by atoms with Gasteiger partial charge in [-0.05, 0) is 19.8 Å². The third-order valence-corrected chi connectivity index (χ3v) is 1.79. The molecular weight excluding hydrogens is 158 g/mol. The van der Waals surface area contributed by atoms with Crippen molar-refractivity contribution in [2.24, 2.45) is 0 Å². The average molecular weight is 173 g/mol. The molecule has 1 amide bonds. The second kappa shape index (κ2) is 4.42. The lowest BCUT2D eigenvalue weighted by molar-refractivity contribution is -0.130. The molecule has 1 unspecified atom stereocenters. The van der Waals surface area contributed by atoms with Crippen molar-refractivity contribution in [2.45, 2.75) is 32.0 Å². The van der Waals surface area contributed by atoms with Gasteiger partial charge in [-0.3, -0.25) is 4.79 Å². The maximum atomic E-state index is 11.2. The van der Waals surface area contributed by atoms with E-state index in [0.717, 1.165) is 12.8 Å². The minimum absolute atomic E-state index is 0.103. The van der Waals surface area contributed by atoms with Crippen LogP contribution in [0.2, 0.25) is 0 Å². The van der Waals surface area contributed by atoms with E-state index in [0.29, 0.717) is 13.2 Å². The largest absolute Gasteiger partial charge is 0.392 e. The summed E-state index contributed by atoms with van der Waals surface area (Å²) in [6.07, 6.45) is 0.970. The first-order valence-corrected chi connectivity index (χ1v) is 4.27. The Morgan fingerprint density at radius 1 is 1.83 bits per heavy atom. The van der Waals surface area contributed by atoms with E-state index in [1.807, 2.05) is 0 Å². The second-order valence-corrected chi connectivity index (χ2v) is 3.10. The van der Waals surface area contributed by atoms with Gasteiger partial charge in [0.1, 0.15) is 6.10 Å². The number of rotatable bonds is 3. The number of nitrogens with one attached hydrogen (secondary N) is 1. The summed E-state index contributed by atoms with van der Waals surface area (Å²) in [5, 5.41) is 11.5. The third kappa shape index (κ3) is 2.79. The normalized spacial score (nSPS) is 25.3. The molecule has 4 nitrogen and oxygen atoms in total. The quantitative estimate of drug-likeness (QED) is 0.614. The van der Waals surface area contributed by atoms with Crippen LogP contribution in [0.4, 0.5) is 0 Å². The number of aliphatic hydroxyl groups is 1. The van der Waals surface area contributed by atoms with Crippen molar-refractivity contribution in [1.29, 1.82) is 0 Å². The van der Waals surface area contributed by atoms with Gasteiger partial charge in [-0.2, -0.15) is 0 Å². The molecule has 1 fully saturated rings. The molecule has 2 N–H and O–H groups in total. The molecule has 0 saturated carbocycles. The van der Waals surface area contributed by atoms with Gasteiger partial charge < -0.3 is 15.2 Å². The third-order valence-electron chi connectivity index (χ3n) is 1.79. The zero-order chi connectivity index (χ0) is 8.97. The van der Waals surface area contributed by atoms with Crippen LogP contribution in [0.25, 0.3) is 0 Å². The number of carbonyl (C=O) groups excluding carboxylic acids is 1. The van der Waals surface area contributed by atoms with Crippen LogP contribution >= 0.6 is 0 Å². The predicted octanol–water partition coefficient (Wildman–Crippen LogP) is -0.338. The number of ether oxygens (including phenoxy) is 1. The van der Waals surface area contributed by atoms with Crippen molar-refractivity contribution >= 4 is 5.91 Å². The van der Waals surface area contributed by atoms with Gasteiger partial charge in [0.25, 0.3) is 0 Å².